The summed E-state index contributed by atoms with van der Waals surface area (Å²) in [5.74, 6) is -0.169. The summed E-state index contributed by atoms with van der Waals surface area (Å²) >= 11 is 0. The molecule has 0 radical (unpaired) electrons. The first kappa shape index (κ1) is 20.5. The maximum Gasteiger partial charge on any atom is 0.225 e. The summed E-state index contributed by atoms with van der Waals surface area (Å²) in [6.45, 7) is 7.59. The van der Waals surface area contributed by atoms with E-state index in [1.54, 1.807) is 4.90 Å². The first-order chi connectivity index (χ1) is 11.1. The number of amides is 2. The molecule has 24 heavy (non-hydrogen) atoms. The molecule has 6 heteroatoms. The highest BCUT2D eigenvalue weighted by atomic mass is 35.5. The number of hydrogen-bond donors (Lipinski definition) is 2. The monoisotopic (exact) mass is 353 g/mol. The Morgan fingerprint density at radius 1 is 1.21 bits per heavy atom. The van der Waals surface area contributed by atoms with Crippen LogP contribution in [0.5, 0.6) is 0 Å². The van der Waals surface area contributed by atoms with E-state index in [0.717, 1.165) is 25.1 Å². The molecule has 1 aliphatic heterocycles. The van der Waals surface area contributed by atoms with Gasteiger partial charge in [-0.1, -0.05) is 36.8 Å². The van der Waals surface area contributed by atoms with Crippen LogP contribution in [0.2, 0.25) is 0 Å². The van der Waals surface area contributed by atoms with E-state index < -0.39 is 0 Å². The zero-order chi connectivity index (χ0) is 16.7. The first-order valence-electron chi connectivity index (χ1n) is 8.42. The van der Waals surface area contributed by atoms with Crippen molar-refractivity contribution in [3.63, 3.8) is 0 Å². The molecule has 0 saturated carbocycles. The van der Waals surface area contributed by atoms with E-state index in [2.05, 4.69) is 17.6 Å². The van der Waals surface area contributed by atoms with Crippen LogP contribution in [0.25, 0.3) is 0 Å². The summed E-state index contributed by atoms with van der Waals surface area (Å²) in [4.78, 5) is 26.0. The van der Waals surface area contributed by atoms with Gasteiger partial charge in [0.1, 0.15) is 0 Å². The third-order valence-corrected chi connectivity index (χ3v) is 4.11. The van der Waals surface area contributed by atoms with Crippen LogP contribution in [-0.2, 0) is 16.1 Å². The Morgan fingerprint density at radius 3 is 2.58 bits per heavy atom. The van der Waals surface area contributed by atoms with Gasteiger partial charge in [0.2, 0.25) is 11.8 Å². The summed E-state index contributed by atoms with van der Waals surface area (Å²) in [6.07, 6.45) is 1.40. The molecule has 2 N–H and O–H groups in total. The number of nitrogens with zero attached hydrogens (tertiary/aromatic N) is 1. The maximum absolute atomic E-state index is 12.1. The smallest absolute Gasteiger partial charge is 0.225 e. The molecule has 1 aliphatic rings. The lowest BCUT2D eigenvalue weighted by molar-refractivity contribution is -0.129. The molecular formula is C18H28ClN3O2. The van der Waals surface area contributed by atoms with Crippen LogP contribution >= 0.6 is 12.4 Å². The zero-order valence-electron chi connectivity index (χ0n) is 14.5. The van der Waals surface area contributed by atoms with Crippen molar-refractivity contribution in [3.8, 4) is 0 Å². The van der Waals surface area contributed by atoms with Gasteiger partial charge in [-0.3, -0.25) is 9.59 Å². The largest absolute Gasteiger partial charge is 0.355 e. The van der Waals surface area contributed by atoms with Crippen molar-refractivity contribution in [3.05, 3.63) is 35.4 Å². The van der Waals surface area contributed by atoms with Crippen LogP contribution in [0.15, 0.2) is 24.3 Å². The van der Waals surface area contributed by atoms with Crippen LogP contribution < -0.4 is 10.6 Å². The molecular weight excluding hydrogens is 326 g/mol. The van der Waals surface area contributed by atoms with Crippen LogP contribution in [0.3, 0.4) is 0 Å². The van der Waals surface area contributed by atoms with Gasteiger partial charge >= 0.3 is 0 Å². The molecule has 1 atom stereocenters. The Kier molecular flexibility index (Phi) is 8.79. The minimum atomic E-state index is -0.223. The molecule has 1 fully saturated rings. The van der Waals surface area contributed by atoms with Crippen molar-refractivity contribution < 1.29 is 9.59 Å². The second-order valence-corrected chi connectivity index (χ2v) is 6.20. The molecule has 5 nitrogen and oxygen atoms in total. The van der Waals surface area contributed by atoms with Gasteiger partial charge in [0, 0.05) is 32.6 Å². The van der Waals surface area contributed by atoms with Crippen molar-refractivity contribution in [2.24, 2.45) is 5.92 Å². The molecule has 0 aliphatic carbocycles. The van der Waals surface area contributed by atoms with E-state index in [4.69, 9.17) is 0 Å². The van der Waals surface area contributed by atoms with E-state index in [9.17, 15) is 9.59 Å². The molecule has 2 rings (SSSR count). The van der Waals surface area contributed by atoms with Gasteiger partial charge in [-0.25, -0.2) is 0 Å². The fourth-order valence-corrected chi connectivity index (χ4v) is 2.73. The number of likely N-dealkylation sites (tertiary alicyclic amines) is 1. The highest BCUT2D eigenvalue weighted by Crippen LogP contribution is 2.20. The maximum atomic E-state index is 12.1. The van der Waals surface area contributed by atoms with Crippen LogP contribution in [0.4, 0.5) is 0 Å². The van der Waals surface area contributed by atoms with Crippen LogP contribution in [-0.4, -0.2) is 42.9 Å². The lowest BCUT2D eigenvalue weighted by Gasteiger charge is -2.17. The quantitative estimate of drug-likeness (QED) is 0.701. The Morgan fingerprint density at radius 2 is 1.92 bits per heavy atom. The highest BCUT2D eigenvalue weighted by Gasteiger charge is 2.33. The van der Waals surface area contributed by atoms with Gasteiger partial charge in [0.05, 0.1) is 5.92 Å². The molecule has 134 valence electrons. The second kappa shape index (κ2) is 10.3. The lowest BCUT2D eigenvalue weighted by atomic mass is 10.1. The number of rotatable bonds is 8. The van der Waals surface area contributed by atoms with E-state index in [1.165, 1.54) is 5.56 Å². The summed E-state index contributed by atoms with van der Waals surface area (Å²) < 4.78 is 0. The summed E-state index contributed by atoms with van der Waals surface area (Å²) in [7, 11) is 0. The van der Waals surface area contributed by atoms with E-state index in [0.29, 0.717) is 26.1 Å². The first-order valence-corrected chi connectivity index (χ1v) is 8.42. The molecule has 2 amide bonds. The van der Waals surface area contributed by atoms with Gasteiger partial charge in [-0.15, -0.1) is 12.4 Å². The average molecular weight is 354 g/mol. The molecule has 1 aromatic rings. The van der Waals surface area contributed by atoms with Gasteiger partial charge in [0.15, 0.2) is 0 Å². The topological polar surface area (TPSA) is 61.4 Å². The predicted molar refractivity (Wildman–Crippen MR) is 98.1 cm³/mol. The number of hydrogen-bond acceptors (Lipinski definition) is 3. The van der Waals surface area contributed by atoms with Gasteiger partial charge in [-0.05, 0) is 25.5 Å². The Balaban J connectivity index is 0.00000288. The van der Waals surface area contributed by atoms with Crippen molar-refractivity contribution in [2.75, 3.05) is 26.2 Å². The van der Waals surface area contributed by atoms with E-state index in [-0.39, 0.29) is 30.1 Å². The summed E-state index contributed by atoms with van der Waals surface area (Å²) in [6, 6.07) is 8.16. The van der Waals surface area contributed by atoms with Crippen molar-refractivity contribution in [1.29, 1.82) is 0 Å². The molecule has 1 unspecified atom stereocenters. The molecule has 1 heterocycles. The standard InChI is InChI=1S/C18H27N3O2.ClH/c1-3-8-19-9-10-20-18(23)16-11-17(22)21(13-16)12-15-6-4-14(2)5-7-15;/h4-7,16,19H,3,8-13H2,1-2H3,(H,20,23);1H. The van der Waals surface area contributed by atoms with E-state index >= 15 is 0 Å². The molecule has 0 spiro atoms. The van der Waals surface area contributed by atoms with E-state index in [1.807, 2.05) is 31.2 Å². The molecule has 0 bridgehead atoms. The van der Waals surface area contributed by atoms with Crippen LogP contribution in [0.1, 0.15) is 30.9 Å². The average Bonchev–Trinajstić information content (AvgIpc) is 2.90. The number of aryl methyl sites for hydroxylation is 1. The van der Waals surface area contributed by atoms with Crippen molar-refractivity contribution in [1.82, 2.24) is 15.5 Å². The normalized spacial score (nSPS) is 16.8. The predicted octanol–water partition coefficient (Wildman–Crippen LogP) is 1.88. The minimum absolute atomic E-state index is 0. The second-order valence-electron chi connectivity index (χ2n) is 6.20. The van der Waals surface area contributed by atoms with Crippen molar-refractivity contribution >= 4 is 24.2 Å². The molecule has 1 saturated heterocycles. The summed E-state index contributed by atoms with van der Waals surface area (Å²) in [5.41, 5.74) is 2.31. The lowest BCUT2D eigenvalue weighted by Crippen LogP contribution is -2.37. The van der Waals surface area contributed by atoms with Gasteiger partial charge in [0.25, 0.3) is 0 Å². The third-order valence-electron chi connectivity index (χ3n) is 4.11. The zero-order valence-corrected chi connectivity index (χ0v) is 15.3. The fraction of sp³-hybridized carbons (Fsp3) is 0.556. The number of carbonyl (C=O) groups excluding carboxylic acids is 2. The third kappa shape index (κ3) is 6.13. The Labute approximate surface area is 150 Å². The van der Waals surface area contributed by atoms with Crippen molar-refractivity contribution in [2.45, 2.75) is 33.2 Å². The number of halogens is 1. The SMILES string of the molecule is CCCNCCNC(=O)C1CC(=O)N(Cc2ccc(C)cc2)C1.Cl. The van der Waals surface area contributed by atoms with Gasteiger partial charge < -0.3 is 15.5 Å². The number of benzene rings is 1. The Bertz CT molecular complexity index is 534. The minimum Gasteiger partial charge on any atom is -0.355 e. The number of nitrogens with one attached hydrogen (secondary N) is 2. The summed E-state index contributed by atoms with van der Waals surface area (Å²) in [5, 5.41) is 6.16. The van der Waals surface area contributed by atoms with Gasteiger partial charge in [-0.2, -0.15) is 0 Å². The fourth-order valence-electron chi connectivity index (χ4n) is 2.73. The Hall–Kier alpha value is -1.59. The molecule has 1 aromatic carbocycles. The number of carbonyl (C=O) groups is 2. The van der Waals surface area contributed by atoms with Crippen LogP contribution in [0, 0.1) is 12.8 Å². The molecule has 0 aromatic heterocycles. The highest BCUT2D eigenvalue weighted by molar-refractivity contribution is 5.89.